The molecular weight excluding hydrogens is 342 g/mol. The van der Waals surface area contributed by atoms with E-state index in [1.807, 2.05) is 18.2 Å². The first-order chi connectivity index (χ1) is 9.51. The number of carbonyl (C=O) groups is 1. The average molecular weight is 358 g/mol. The number of halogens is 1. The number of nitrogens with two attached hydrogens (primary N) is 1. The van der Waals surface area contributed by atoms with Gasteiger partial charge in [0.25, 0.3) is 0 Å². The number of hydrogen-bond acceptors (Lipinski definition) is 4. The summed E-state index contributed by atoms with van der Waals surface area (Å²) in [4.78, 5) is 13.8. The van der Waals surface area contributed by atoms with Gasteiger partial charge in [-0.15, -0.1) is 0 Å². The van der Waals surface area contributed by atoms with Crippen molar-refractivity contribution in [2.24, 2.45) is 5.73 Å². The maximum atomic E-state index is 11.2. The van der Waals surface area contributed by atoms with Crippen molar-refractivity contribution in [3.05, 3.63) is 28.2 Å². The van der Waals surface area contributed by atoms with Crippen LogP contribution >= 0.6 is 28.1 Å². The predicted molar refractivity (Wildman–Crippen MR) is 86.2 cm³/mol. The van der Waals surface area contributed by atoms with E-state index in [0.29, 0.717) is 11.5 Å². The first-order valence-corrected chi connectivity index (χ1v) is 7.40. The van der Waals surface area contributed by atoms with Crippen LogP contribution in [0.2, 0.25) is 0 Å². The van der Waals surface area contributed by atoms with Crippen LogP contribution in [0.15, 0.2) is 22.7 Å². The Balaban J connectivity index is 2.15. The van der Waals surface area contributed by atoms with Crippen LogP contribution < -0.4 is 16.0 Å². The lowest BCUT2D eigenvalue weighted by molar-refractivity contribution is 0.167. The lowest BCUT2D eigenvalue weighted by atomic mass is 10.1. The zero-order valence-corrected chi connectivity index (χ0v) is 13.5. The fraction of sp³-hybridized carbons (Fsp3) is 0.385. The summed E-state index contributed by atoms with van der Waals surface area (Å²) in [6.07, 6.45) is 0.457. The van der Waals surface area contributed by atoms with Gasteiger partial charge in [0.2, 0.25) is 0 Å². The summed E-state index contributed by atoms with van der Waals surface area (Å²) in [6.45, 7) is 1.54. The van der Waals surface area contributed by atoms with Crippen LogP contribution in [0.25, 0.3) is 0 Å². The number of carbonyl (C=O) groups excluding carboxylic acids is 1. The smallest absolute Gasteiger partial charge is 0.407 e. The van der Waals surface area contributed by atoms with E-state index in [2.05, 4.69) is 30.9 Å². The average Bonchev–Trinajstić information content (AvgIpc) is 2.86. The summed E-state index contributed by atoms with van der Waals surface area (Å²) in [5, 5.41) is 2.81. The first-order valence-electron chi connectivity index (χ1n) is 6.20. The maximum absolute atomic E-state index is 11.2. The van der Waals surface area contributed by atoms with Gasteiger partial charge < -0.3 is 20.7 Å². The van der Waals surface area contributed by atoms with Gasteiger partial charge in [-0.2, -0.15) is 0 Å². The number of rotatable bonds is 3. The van der Waals surface area contributed by atoms with Crippen molar-refractivity contribution < 1.29 is 9.53 Å². The molecule has 0 spiro atoms. The summed E-state index contributed by atoms with van der Waals surface area (Å²) in [5.41, 5.74) is 7.60. The molecule has 0 radical (unpaired) electrons. The zero-order valence-electron chi connectivity index (χ0n) is 11.1. The van der Waals surface area contributed by atoms with Crippen molar-refractivity contribution in [3.63, 3.8) is 0 Å². The van der Waals surface area contributed by atoms with Crippen molar-refractivity contribution in [1.29, 1.82) is 0 Å². The molecule has 0 aliphatic carbocycles. The van der Waals surface area contributed by atoms with Gasteiger partial charge in [-0.05, 0) is 24.6 Å². The van der Waals surface area contributed by atoms with Crippen LogP contribution in [0, 0.1) is 0 Å². The second-order valence-electron chi connectivity index (χ2n) is 4.59. The lowest BCUT2D eigenvalue weighted by Crippen LogP contribution is -2.37. The number of amides is 1. The van der Waals surface area contributed by atoms with Gasteiger partial charge in [0.05, 0.1) is 13.2 Å². The molecule has 0 aromatic heterocycles. The number of benzene rings is 1. The zero-order chi connectivity index (χ0) is 14.7. The first kappa shape index (κ1) is 15.1. The summed E-state index contributed by atoms with van der Waals surface area (Å²) in [7, 11) is 1.36. The number of nitrogens with zero attached hydrogens (tertiary/aromatic N) is 1. The molecule has 1 saturated heterocycles. The molecule has 1 aromatic rings. The number of methoxy groups -OCH3 is 1. The number of hydrogen-bond donors (Lipinski definition) is 2. The topological polar surface area (TPSA) is 67.6 Å². The van der Waals surface area contributed by atoms with Crippen LogP contribution in [0.1, 0.15) is 12.0 Å². The second kappa shape index (κ2) is 6.41. The van der Waals surface area contributed by atoms with E-state index in [4.69, 9.17) is 18.0 Å². The van der Waals surface area contributed by atoms with Crippen molar-refractivity contribution in [1.82, 2.24) is 5.32 Å². The van der Waals surface area contributed by atoms with Gasteiger partial charge in [-0.25, -0.2) is 4.79 Å². The minimum absolute atomic E-state index is 0.0700. The molecule has 3 N–H and O–H groups in total. The molecule has 0 saturated carbocycles. The van der Waals surface area contributed by atoms with E-state index in [1.54, 1.807) is 0 Å². The van der Waals surface area contributed by atoms with Crippen LogP contribution in [0.3, 0.4) is 0 Å². The largest absolute Gasteiger partial charge is 0.453 e. The highest BCUT2D eigenvalue weighted by Gasteiger charge is 2.26. The quantitative estimate of drug-likeness (QED) is 0.810. The number of ether oxygens (including phenoxy) is 1. The Morgan fingerprint density at radius 3 is 3.00 bits per heavy atom. The minimum atomic E-state index is -0.402. The highest BCUT2D eigenvalue weighted by molar-refractivity contribution is 9.10. The molecule has 7 heteroatoms. The molecule has 1 unspecified atom stereocenters. The van der Waals surface area contributed by atoms with Gasteiger partial charge in [-0.3, -0.25) is 0 Å². The summed E-state index contributed by atoms with van der Waals surface area (Å²) < 4.78 is 5.59. The second-order valence-corrected chi connectivity index (χ2v) is 5.95. The Kier molecular flexibility index (Phi) is 4.82. The molecule has 1 amide bonds. The molecule has 108 valence electrons. The van der Waals surface area contributed by atoms with Crippen LogP contribution in [-0.2, 0) is 4.74 Å². The van der Waals surface area contributed by atoms with Crippen LogP contribution in [0.5, 0.6) is 0 Å². The van der Waals surface area contributed by atoms with Gasteiger partial charge in [0.15, 0.2) is 0 Å². The number of thiocarbonyl (C=S) groups is 1. The van der Waals surface area contributed by atoms with E-state index in [-0.39, 0.29) is 6.04 Å². The number of anilines is 1. The number of alkyl carbamates (subject to hydrolysis) is 1. The SMILES string of the molecule is COC(=O)NC1CCN(c2cc(Br)ccc2C(N)=S)C1. The molecule has 1 fully saturated rings. The lowest BCUT2D eigenvalue weighted by Gasteiger charge is -2.22. The summed E-state index contributed by atoms with van der Waals surface area (Å²) in [5.74, 6) is 0. The standard InChI is InChI=1S/C13H16BrN3O2S/c1-19-13(18)16-9-4-5-17(7-9)11-6-8(14)2-3-10(11)12(15)20/h2-3,6,9H,4-5,7H2,1H3,(H2,15,20)(H,16,18). The van der Waals surface area contributed by atoms with Crippen molar-refractivity contribution >= 4 is 44.9 Å². The van der Waals surface area contributed by atoms with Crippen molar-refractivity contribution in [2.75, 3.05) is 25.1 Å². The highest BCUT2D eigenvalue weighted by atomic mass is 79.9. The predicted octanol–water partition coefficient (Wildman–Crippen LogP) is 2.02. The summed E-state index contributed by atoms with van der Waals surface area (Å²) in [6, 6.07) is 5.89. The van der Waals surface area contributed by atoms with Gasteiger partial charge in [-0.1, -0.05) is 28.1 Å². The molecule has 1 atom stereocenters. The normalized spacial score (nSPS) is 17.9. The van der Waals surface area contributed by atoms with E-state index in [1.165, 1.54) is 7.11 Å². The third kappa shape index (κ3) is 3.40. The maximum Gasteiger partial charge on any atom is 0.407 e. The van der Waals surface area contributed by atoms with Gasteiger partial charge in [0.1, 0.15) is 4.99 Å². The van der Waals surface area contributed by atoms with E-state index < -0.39 is 6.09 Å². The highest BCUT2D eigenvalue weighted by Crippen LogP contribution is 2.28. The molecule has 1 aliphatic heterocycles. The Hall–Kier alpha value is -1.34. The Labute approximate surface area is 131 Å². The van der Waals surface area contributed by atoms with E-state index in [0.717, 1.165) is 28.7 Å². The monoisotopic (exact) mass is 357 g/mol. The van der Waals surface area contributed by atoms with Crippen molar-refractivity contribution in [3.8, 4) is 0 Å². The molecule has 5 nitrogen and oxygen atoms in total. The third-order valence-electron chi connectivity index (χ3n) is 3.26. The Morgan fingerprint density at radius 1 is 1.60 bits per heavy atom. The Bertz CT molecular complexity index is 538. The Morgan fingerprint density at radius 2 is 2.35 bits per heavy atom. The third-order valence-corrected chi connectivity index (χ3v) is 3.97. The molecular formula is C13H16BrN3O2S. The van der Waals surface area contributed by atoms with Crippen LogP contribution in [-0.4, -0.2) is 37.3 Å². The van der Waals surface area contributed by atoms with Crippen molar-refractivity contribution in [2.45, 2.75) is 12.5 Å². The molecule has 1 aliphatic rings. The fourth-order valence-electron chi connectivity index (χ4n) is 2.30. The fourth-order valence-corrected chi connectivity index (χ4v) is 2.82. The van der Waals surface area contributed by atoms with Gasteiger partial charge >= 0.3 is 6.09 Å². The molecule has 20 heavy (non-hydrogen) atoms. The minimum Gasteiger partial charge on any atom is -0.453 e. The van der Waals surface area contributed by atoms with E-state index in [9.17, 15) is 4.79 Å². The molecule has 0 bridgehead atoms. The molecule has 2 rings (SSSR count). The van der Waals surface area contributed by atoms with Crippen LogP contribution in [0.4, 0.5) is 10.5 Å². The molecule has 1 aromatic carbocycles. The van der Waals surface area contributed by atoms with Gasteiger partial charge in [0, 0.05) is 28.8 Å². The van der Waals surface area contributed by atoms with E-state index >= 15 is 0 Å². The summed E-state index contributed by atoms with van der Waals surface area (Å²) >= 11 is 8.55. The molecule has 1 heterocycles. The number of nitrogens with one attached hydrogen (secondary N) is 1.